The number of methoxy groups -OCH3 is 1. The summed E-state index contributed by atoms with van der Waals surface area (Å²) >= 11 is 2.55. The van der Waals surface area contributed by atoms with E-state index >= 15 is 0 Å². The van der Waals surface area contributed by atoms with Crippen LogP contribution in [0.4, 0.5) is 5.13 Å². The molecule has 0 bridgehead atoms. The molecule has 6 nitrogen and oxygen atoms in total. The first-order chi connectivity index (χ1) is 9.74. The lowest BCUT2D eigenvalue weighted by molar-refractivity contribution is 0.103. The van der Waals surface area contributed by atoms with Gasteiger partial charge in [-0.1, -0.05) is 0 Å². The van der Waals surface area contributed by atoms with Crippen molar-refractivity contribution in [2.24, 2.45) is 5.92 Å². The van der Waals surface area contributed by atoms with Gasteiger partial charge in [0.15, 0.2) is 0 Å². The molecule has 1 saturated carbocycles. The van der Waals surface area contributed by atoms with Crippen LogP contribution in [-0.4, -0.2) is 27.4 Å². The van der Waals surface area contributed by atoms with Crippen LogP contribution in [0.1, 0.15) is 33.3 Å². The average Bonchev–Trinajstić information content (AvgIpc) is 2.93. The maximum atomic E-state index is 12.0. The number of nitrogens with one attached hydrogen (secondary N) is 1. The number of thiazole rings is 1. The van der Waals surface area contributed by atoms with Crippen LogP contribution in [0.15, 0.2) is 6.20 Å². The van der Waals surface area contributed by atoms with Crippen molar-refractivity contribution in [1.82, 2.24) is 14.3 Å². The third-order valence-corrected chi connectivity index (χ3v) is 4.54. The average molecular weight is 310 g/mol. The standard InChI is InChI=1S/C12H14N4O2S2/c1-18-6-10-13-5-8(19-10)11(17)15-12-14-9(16-20-12)4-7-2-3-7/h5,7H,2-4,6H2,1H3,(H,14,15,16,17). The number of hydrogen-bond acceptors (Lipinski definition) is 7. The van der Waals surface area contributed by atoms with Crippen molar-refractivity contribution in [3.05, 3.63) is 21.9 Å². The van der Waals surface area contributed by atoms with Gasteiger partial charge in [-0.15, -0.1) is 11.3 Å². The summed E-state index contributed by atoms with van der Waals surface area (Å²) < 4.78 is 9.24. The quantitative estimate of drug-likeness (QED) is 0.886. The lowest BCUT2D eigenvalue weighted by Crippen LogP contribution is -2.10. The van der Waals surface area contributed by atoms with Crippen LogP contribution < -0.4 is 5.32 Å². The molecule has 0 atom stereocenters. The normalized spacial score (nSPS) is 14.4. The molecule has 0 unspecified atom stereocenters. The van der Waals surface area contributed by atoms with Crippen molar-refractivity contribution in [2.45, 2.75) is 25.9 Å². The highest BCUT2D eigenvalue weighted by Crippen LogP contribution is 2.32. The summed E-state index contributed by atoms with van der Waals surface area (Å²) in [5.74, 6) is 1.38. The Bertz CT molecular complexity index is 606. The summed E-state index contributed by atoms with van der Waals surface area (Å²) in [6.45, 7) is 0.419. The Morgan fingerprint density at radius 2 is 2.40 bits per heavy atom. The minimum Gasteiger partial charge on any atom is -0.378 e. The van der Waals surface area contributed by atoms with Crippen LogP contribution in [0.25, 0.3) is 0 Å². The SMILES string of the molecule is COCc1ncc(C(=O)Nc2nc(CC3CC3)ns2)s1. The van der Waals surface area contributed by atoms with Gasteiger partial charge in [0, 0.05) is 25.1 Å². The molecule has 20 heavy (non-hydrogen) atoms. The van der Waals surface area contributed by atoms with E-state index in [0.29, 0.717) is 16.6 Å². The number of anilines is 1. The predicted molar refractivity (Wildman–Crippen MR) is 77.1 cm³/mol. The molecule has 1 aliphatic rings. The van der Waals surface area contributed by atoms with E-state index in [1.807, 2.05) is 0 Å². The maximum absolute atomic E-state index is 12.0. The van der Waals surface area contributed by atoms with Gasteiger partial charge in [-0.3, -0.25) is 10.1 Å². The fourth-order valence-electron chi connectivity index (χ4n) is 1.73. The van der Waals surface area contributed by atoms with Crippen LogP contribution in [0.2, 0.25) is 0 Å². The van der Waals surface area contributed by atoms with Crippen LogP contribution in [0, 0.1) is 5.92 Å². The van der Waals surface area contributed by atoms with Crippen molar-refractivity contribution in [3.8, 4) is 0 Å². The fraction of sp³-hybridized carbons (Fsp3) is 0.500. The van der Waals surface area contributed by atoms with Gasteiger partial charge < -0.3 is 4.74 Å². The monoisotopic (exact) mass is 310 g/mol. The molecule has 0 saturated heterocycles. The smallest absolute Gasteiger partial charge is 0.269 e. The van der Waals surface area contributed by atoms with Crippen molar-refractivity contribution in [1.29, 1.82) is 0 Å². The van der Waals surface area contributed by atoms with Gasteiger partial charge in [-0.05, 0) is 18.8 Å². The highest BCUT2D eigenvalue weighted by molar-refractivity contribution is 7.14. The molecule has 1 N–H and O–H groups in total. The molecule has 2 aromatic heterocycles. The van der Waals surface area contributed by atoms with Gasteiger partial charge in [-0.25, -0.2) is 9.97 Å². The van der Waals surface area contributed by atoms with Crippen LogP contribution in [0.3, 0.4) is 0 Å². The Kier molecular flexibility index (Phi) is 4.04. The summed E-state index contributed by atoms with van der Waals surface area (Å²) in [6.07, 6.45) is 5.01. The van der Waals surface area contributed by atoms with Gasteiger partial charge in [0.1, 0.15) is 15.7 Å². The third kappa shape index (κ3) is 3.38. The Balaban J connectivity index is 1.60. The van der Waals surface area contributed by atoms with Crippen molar-refractivity contribution in [2.75, 3.05) is 12.4 Å². The molecule has 0 aromatic carbocycles. The molecule has 1 amide bonds. The summed E-state index contributed by atoms with van der Waals surface area (Å²) in [5, 5.41) is 4.09. The van der Waals surface area contributed by atoms with E-state index in [0.717, 1.165) is 23.2 Å². The van der Waals surface area contributed by atoms with E-state index < -0.39 is 0 Å². The Morgan fingerprint density at radius 3 is 3.15 bits per heavy atom. The number of rotatable bonds is 6. The highest BCUT2D eigenvalue weighted by atomic mass is 32.1. The number of ether oxygens (including phenoxy) is 1. The zero-order valence-electron chi connectivity index (χ0n) is 11.0. The fourth-order valence-corrected chi connectivity index (χ4v) is 3.11. The van der Waals surface area contributed by atoms with Gasteiger partial charge >= 0.3 is 0 Å². The first kappa shape index (κ1) is 13.6. The van der Waals surface area contributed by atoms with Crippen molar-refractivity contribution in [3.63, 3.8) is 0 Å². The Hall–Kier alpha value is -1.38. The van der Waals surface area contributed by atoms with E-state index in [1.165, 1.54) is 35.7 Å². The molecule has 8 heteroatoms. The number of amides is 1. The highest BCUT2D eigenvalue weighted by Gasteiger charge is 2.23. The molecule has 2 heterocycles. The molecule has 2 aromatic rings. The van der Waals surface area contributed by atoms with Crippen molar-refractivity contribution < 1.29 is 9.53 Å². The lowest BCUT2D eigenvalue weighted by atomic mass is 10.3. The second kappa shape index (κ2) is 5.94. The Morgan fingerprint density at radius 1 is 1.55 bits per heavy atom. The number of nitrogens with zero attached hydrogens (tertiary/aromatic N) is 3. The third-order valence-electron chi connectivity index (χ3n) is 2.90. The minimum atomic E-state index is -0.195. The molecule has 1 fully saturated rings. The summed E-state index contributed by atoms with van der Waals surface area (Å²) in [4.78, 5) is 21.0. The van der Waals surface area contributed by atoms with Crippen LogP contribution in [-0.2, 0) is 17.8 Å². The molecule has 3 rings (SSSR count). The van der Waals surface area contributed by atoms with Gasteiger partial charge in [0.25, 0.3) is 5.91 Å². The second-order valence-electron chi connectivity index (χ2n) is 4.67. The molecule has 0 aliphatic heterocycles. The van der Waals surface area contributed by atoms with Gasteiger partial charge in [0.05, 0.1) is 12.8 Å². The Labute approximate surface area is 124 Å². The van der Waals surface area contributed by atoms with E-state index in [4.69, 9.17) is 4.74 Å². The minimum absolute atomic E-state index is 0.195. The second-order valence-corrected chi connectivity index (χ2v) is 6.54. The molecule has 1 aliphatic carbocycles. The van der Waals surface area contributed by atoms with E-state index in [9.17, 15) is 4.79 Å². The topological polar surface area (TPSA) is 77.0 Å². The molecule has 106 valence electrons. The molecule has 0 radical (unpaired) electrons. The number of hydrogen-bond donors (Lipinski definition) is 1. The largest absolute Gasteiger partial charge is 0.378 e. The van der Waals surface area contributed by atoms with Gasteiger partial charge in [-0.2, -0.15) is 4.37 Å². The van der Waals surface area contributed by atoms with Crippen molar-refractivity contribution >= 4 is 33.9 Å². The number of carbonyl (C=O) groups is 1. The molecule has 0 spiro atoms. The molecular formula is C12H14N4O2S2. The van der Waals surface area contributed by atoms with E-state index in [1.54, 1.807) is 13.3 Å². The van der Waals surface area contributed by atoms with Gasteiger partial charge in [0.2, 0.25) is 5.13 Å². The number of carbonyl (C=O) groups excluding carboxylic acids is 1. The summed E-state index contributed by atoms with van der Waals surface area (Å²) in [7, 11) is 1.60. The first-order valence-corrected chi connectivity index (χ1v) is 7.91. The first-order valence-electron chi connectivity index (χ1n) is 6.32. The lowest BCUT2D eigenvalue weighted by Gasteiger charge is -1.96. The zero-order valence-corrected chi connectivity index (χ0v) is 12.6. The van der Waals surface area contributed by atoms with Crippen LogP contribution in [0.5, 0.6) is 0 Å². The number of aromatic nitrogens is 3. The van der Waals surface area contributed by atoms with E-state index in [-0.39, 0.29) is 5.91 Å². The van der Waals surface area contributed by atoms with Crippen LogP contribution >= 0.6 is 22.9 Å². The summed E-state index contributed by atoms with van der Waals surface area (Å²) in [5.41, 5.74) is 0. The maximum Gasteiger partial charge on any atom is 0.269 e. The predicted octanol–water partition coefficient (Wildman–Crippen LogP) is 2.35. The molecular weight excluding hydrogens is 296 g/mol. The summed E-state index contributed by atoms with van der Waals surface area (Å²) in [6, 6.07) is 0. The zero-order chi connectivity index (χ0) is 13.9. The van der Waals surface area contributed by atoms with E-state index in [2.05, 4.69) is 19.7 Å².